The highest BCUT2D eigenvalue weighted by atomic mass is 19.1. The van der Waals surface area contributed by atoms with Gasteiger partial charge in [0.15, 0.2) is 5.82 Å². The summed E-state index contributed by atoms with van der Waals surface area (Å²) in [5.41, 5.74) is 0.628. The normalized spacial score (nSPS) is 20.6. The molecule has 1 saturated heterocycles. The van der Waals surface area contributed by atoms with Crippen molar-refractivity contribution in [2.75, 3.05) is 25.0 Å². The van der Waals surface area contributed by atoms with Gasteiger partial charge >= 0.3 is 12.1 Å². The Morgan fingerprint density at radius 3 is 2.44 bits per heavy atom. The van der Waals surface area contributed by atoms with Gasteiger partial charge in [-0.25, -0.2) is 14.0 Å². The molecule has 0 aromatic carbocycles. The Labute approximate surface area is 197 Å². The maximum atomic E-state index is 15.5. The molecule has 3 heterocycles. The summed E-state index contributed by atoms with van der Waals surface area (Å²) in [6.07, 6.45) is 2.49. The van der Waals surface area contributed by atoms with Crippen LogP contribution in [0.2, 0.25) is 0 Å². The van der Waals surface area contributed by atoms with Gasteiger partial charge < -0.3 is 19.6 Å². The number of carbonyl (C=O) groups is 2. The van der Waals surface area contributed by atoms with Gasteiger partial charge in [0.2, 0.25) is 0 Å². The molecule has 1 N–H and O–H groups in total. The zero-order valence-corrected chi connectivity index (χ0v) is 20.5. The quantitative estimate of drug-likeness (QED) is 0.721. The smallest absolute Gasteiger partial charge is 0.410 e. The van der Waals surface area contributed by atoms with Crippen LogP contribution < -0.4 is 10.5 Å². The minimum atomic E-state index is -1.31. The van der Waals surface area contributed by atoms with Crippen molar-refractivity contribution in [3.63, 3.8) is 0 Å². The van der Waals surface area contributed by atoms with Gasteiger partial charge in [0.25, 0.3) is 5.56 Å². The zero-order chi connectivity index (χ0) is 25.1. The van der Waals surface area contributed by atoms with E-state index in [2.05, 4.69) is 0 Å². The Hall–Kier alpha value is -3.10. The van der Waals surface area contributed by atoms with Crippen LogP contribution in [0.4, 0.5) is 14.9 Å². The maximum absolute atomic E-state index is 15.5. The molecule has 1 saturated carbocycles. The Kier molecular flexibility index (Phi) is 5.86. The summed E-state index contributed by atoms with van der Waals surface area (Å²) in [6.45, 7) is 10.2. The third-order valence-corrected chi connectivity index (χ3v) is 6.76. The molecule has 34 heavy (non-hydrogen) atoms. The molecule has 8 nitrogen and oxygen atoms in total. The average molecular weight is 474 g/mol. The summed E-state index contributed by atoms with van der Waals surface area (Å²) in [7, 11) is 1.69. The summed E-state index contributed by atoms with van der Waals surface area (Å²) < 4.78 is 22.1. The number of carboxylic acid groups (broad SMARTS) is 1. The van der Waals surface area contributed by atoms with E-state index < -0.39 is 29.0 Å². The summed E-state index contributed by atoms with van der Waals surface area (Å²) in [4.78, 5) is 40.6. The van der Waals surface area contributed by atoms with Crippen molar-refractivity contribution in [1.29, 1.82) is 0 Å². The number of carbonyl (C=O) groups excluding carboxylic acids is 1. The fourth-order valence-corrected chi connectivity index (χ4v) is 4.99. The van der Waals surface area contributed by atoms with E-state index in [1.54, 1.807) is 18.9 Å². The molecule has 9 heteroatoms. The minimum absolute atomic E-state index is 0.0621. The second kappa shape index (κ2) is 8.29. The first-order valence-corrected chi connectivity index (χ1v) is 11.6. The van der Waals surface area contributed by atoms with Crippen molar-refractivity contribution >= 4 is 23.3 Å². The Balaban J connectivity index is 1.75. The summed E-state index contributed by atoms with van der Waals surface area (Å²) >= 11 is 0. The van der Waals surface area contributed by atoms with E-state index in [-0.39, 0.29) is 23.4 Å². The van der Waals surface area contributed by atoms with Crippen molar-refractivity contribution in [3.8, 4) is 0 Å². The molecule has 0 unspecified atom stereocenters. The van der Waals surface area contributed by atoms with Crippen LogP contribution in [-0.2, 0) is 4.74 Å². The van der Waals surface area contributed by atoms with Gasteiger partial charge in [-0.3, -0.25) is 9.20 Å². The first-order valence-electron chi connectivity index (χ1n) is 11.6. The first kappa shape index (κ1) is 24.0. The predicted octanol–water partition coefficient (Wildman–Crippen LogP) is 4.01. The molecule has 2 fully saturated rings. The number of aromatic nitrogens is 1. The molecule has 2 aliphatic rings. The lowest BCUT2D eigenvalue weighted by Gasteiger charge is -2.30. The molecule has 4 rings (SSSR count). The number of aromatic carboxylic acids is 1. The van der Waals surface area contributed by atoms with Crippen LogP contribution in [0.15, 0.2) is 17.1 Å². The van der Waals surface area contributed by atoms with Crippen LogP contribution in [0, 0.1) is 18.7 Å². The van der Waals surface area contributed by atoms with Gasteiger partial charge in [-0.15, -0.1) is 0 Å². The monoisotopic (exact) mass is 473 g/mol. The summed E-state index contributed by atoms with van der Waals surface area (Å²) in [6, 6.07) is 1.28. The molecule has 0 spiro atoms. The van der Waals surface area contributed by atoms with Gasteiger partial charge in [0.1, 0.15) is 11.2 Å². The third-order valence-electron chi connectivity index (χ3n) is 6.76. The van der Waals surface area contributed by atoms with E-state index >= 15 is 4.39 Å². The third kappa shape index (κ3) is 4.23. The first-order chi connectivity index (χ1) is 15.8. The number of likely N-dealkylation sites (N-methyl/N-ethyl adjacent to an activating group) is 1. The second-order valence-corrected chi connectivity index (χ2v) is 10.6. The molecular formula is C25H32FN3O5. The number of aryl methyl sites for hydroxylation is 1. The standard InChI is InChI=1S/C25H32FN3O5/c1-13-10-28(12-19(13)27(6)24(33)34-25(3,4)5)21-14(2)20-16(15-7-8-15)9-17(23(31)32)22(30)29(20)11-18(21)26/h9,11,13,15,19H,7-8,10,12H2,1-6H3,(H,31,32)/t13-,19-/m1/s1. The zero-order valence-electron chi connectivity index (χ0n) is 20.5. The fourth-order valence-electron chi connectivity index (χ4n) is 4.99. The molecule has 2 atom stereocenters. The highest BCUT2D eigenvalue weighted by Gasteiger charge is 2.38. The van der Waals surface area contributed by atoms with E-state index in [0.29, 0.717) is 29.9 Å². The summed E-state index contributed by atoms with van der Waals surface area (Å²) in [5.74, 6) is -1.68. The van der Waals surface area contributed by atoms with E-state index in [1.807, 2.05) is 32.6 Å². The van der Waals surface area contributed by atoms with Gasteiger partial charge in [-0.05, 0) is 69.6 Å². The van der Waals surface area contributed by atoms with Crippen molar-refractivity contribution in [3.05, 3.63) is 45.1 Å². The van der Waals surface area contributed by atoms with Gasteiger partial charge in [0, 0.05) is 20.1 Å². The number of nitrogens with zero attached hydrogens (tertiary/aromatic N) is 3. The lowest BCUT2D eigenvalue weighted by molar-refractivity contribution is 0.0208. The number of fused-ring (bicyclic) bond motifs is 1. The second-order valence-electron chi connectivity index (χ2n) is 10.6. The van der Waals surface area contributed by atoms with Crippen LogP contribution >= 0.6 is 0 Å². The maximum Gasteiger partial charge on any atom is 0.410 e. The van der Waals surface area contributed by atoms with Crippen LogP contribution in [0.1, 0.15) is 67.9 Å². The number of rotatable bonds is 4. The molecule has 2 aromatic rings. The molecule has 1 aliphatic carbocycles. The predicted molar refractivity (Wildman–Crippen MR) is 126 cm³/mol. The number of halogens is 1. The molecule has 1 amide bonds. The molecule has 0 bridgehead atoms. The van der Waals surface area contributed by atoms with Crippen LogP contribution in [0.3, 0.4) is 0 Å². The Bertz CT molecular complexity index is 1230. The molecule has 2 aromatic heterocycles. The topological polar surface area (TPSA) is 91.6 Å². The fraction of sp³-hybridized carbons (Fsp3) is 0.560. The number of ether oxygens (including phenoxy) is 1. The highest BCUT2D eigenvalue weighted by Crippen LogP contribution is 2.44. The number of carboxylic acids is 1. The number of hydrogen-bond acceptors (Lipinski definition) is 5. The molecule has 1 aliphatic heterocycles. The molecular weight excluding hydrogens is 441 g/mol. The number of hydrogen-bond donors (Lipinski definition) is 1. The van der Waals surface area contributed by atoms with Crippen molar-refractivity contribution in [1.82, 2.24) is 9.30 Å². The van der Waals surface area contributed by atoms with Crippen molar-refractivity contribution < 1.29 is 23.8 Å². The van der Waals surface area contributed by atoms with Gasteiger partial charge in [-0.2, -0.15) is 0 Å². The van der Waals surface area contributed by atoms with E-state index in [1.165, 1.54) is 6.07 Å². The van der Waals surface area contributed by atoms with Crippen LogP contribution in [-0.4, -0.2) is 58.2 Å². The largest absolute Gasteiger partial charge is 0.477 e. The summed E-state index contributed by atoms with van der Waals surface area (Å²) in [5, 5.41) is 9.49. The van der Waals surface area contributed by atoms with Crippen LogP contribution in [0.25, 0.3) is 5.52 Å². The molecule has 0 radical (unpaired) electrons. The van der Waals surface area contributed by atoms with Gasteiger partial charge in [0.05, 0.1) is 23.4 Å². The number of amides is 1. The Morgan fingerprint density at radius 1 is 1.24 bits per heavy atom. The van der Waals surface area contributed by atoms with E-state index in [9.17, 15) is 19.5 Å². The average Bonchev–Trinajstić information content (AvgIpc) is 3.49. The lowest BCUT2D eigenvalue weighted by atomic mass is 10.0. The van der Waals surface area contributed by atoms with Crippen molar-refractivity contribution in [2.45, 2.75) is 65.0 Å². The number of anilines is 1. The number of pyridine rings is 2. The van der Waals surface area contributed by atoms with Crippen molar-refractivity contribution in [2.24, 2.45) is 5.92 Å². The molecule has 184 valence electrons. The van der Waals surface area contributed by atoms with E-state index in [0.717, 1.165) is 29.0 Å². The van der Waals surface area contributed by atoms with Crippen LogP contribution in [0.5, 0.6) is 0 Å². The highest BCUT2D eigenvalue weighted by molar-refractivity contribution is 5.89. The van der Waals surface area contributed by atoms with Gasteiger partial charge in [-0.1, -0.05) is 6.92 Å². The SMILES string of the molecule is Cc1c(N2C[C@@H](C)[C@H](N(C)C(=O)OC(C)(C)C)C2)c(F)cn2c(=O)c(C(=O)O)cc(C3CC3)c12. The minimum Gasteiger partial charge on any atom is -0.477 e. The Morgan fingerprint density at radius 2 is 1.88 bits per heavy atom. The van der Waals surface area contributed by atoms with E-state index in [4.69, 9.17) is 4.74 Å². The lowest BCUT2D eigenvalue weighted by Crippen LogP contribution is -2.44.